The molecule has 1 rings (SSSR count). The van der Waals surface area contributed by atoms with Gasteiger partial charge < -0.3 is 4.74 Å². The van der Waals surface area contributed by atoms with Crippen molar-refractivity contribution >= 4 is 17.7 Å². The van der Waals surface area contributed by atoms with Crippen LogP contribution in [0.5, 0.6) is 0 Å². The topological polar surface area (TPSA) is 33.0 Å². The lowest BCUT2D eigenvalue weighted by Crippen LogP contribution is -1.95. The first-order chi connectivity index (χ1) is 7.26. The van der Waals surface area contributed by atoms with Crippen LogP contribution in [-0.4, -0.2) is 13.2 Å². The van der Waals surface area contributed by atoms with E-state index in [0.717, 1.165) is 5.56 Å². The van der Waals surface area contributed by atoms with Crippen LogP contribution in [0.25, 0.3) is 6.08 Å². The quantitative estimate of drug-likeness (QED) is 0.731. The lowest BCUT2D eigenvalue weighted by molar-refractivity contribution is 0.174. The standard InChI is InChI=1S/C12H12ClNO/c1-2-15-9-11(8-14)7-10-3-5-12(13)6-4-10/h3-7H,2,9H2,1H3/b11-7+. The van der Waals surface area contributed by atoms with Crippen LogP contribution in [0.4, 0.5) is 0 Å². The molecule has 0 heterocycles. The molecule has 0 aliphatic carbocycles. The van der Waals surface area contributed by atoms with Crippen LogP contribution in [0.1, 0.15) is 12.5 Å². The molecule has 0 aliphatic rings. The van der Waals surface area contributed by atoms with Gasteiger partial charge in [-0.1, -0.05) is 23.7 Å². The molecule has 1 aromatic carbocycles. The molecule has 0 atom stereocenters. The summed E-state index contributed by atoms with van der Waals surface area (Å²) in [6, 6.07) is 9.43. The Morgan fingerprint density at radius 3 is 2.67 bits per heavy atom. The van der Waals surface area contributed by atoms with E-state index in [9.17, 15) is 0 Å². The normalized spacial score (nSPS) is 11.1. The van der Waals surface area contributed by atoms with Crippen LogP contribution in [0.3, 0.4) is 0 Å². The molecular formula is C12H12ClNO. The molecule has 0 bridgehead atoms. The smallest absolute Gasteiger partial charge is 0.0971 e. The molecule has 3 heteroatoms. The highest BCUT2D eigenvalue weighted by atomic mass is 35.5. The maximum Gasteiger partial charge on any atom is 0.0971 e. The van der Waals surface area contributed by atoms with Crippen molar-refractivity contribution < 1.29 is 4.74 Å². The summed E-state index contributed by atoms with van der Waals surface area (Å²) in [5.74, 6) is 0. The number of ether oxygens (including phenoxy) is 1. The fraction of sp³-hybridized carbons (Fsp3) is 0.250. The minimum Gasteiger partial charge on any atom is -0.376 e. The zero-order chi connectivity index (χ0) is 11.1. The summed E-state index contributed by atoms with van der Waals surface area (Å²) in [4.78, 5) is 0. The Labute approximate surface area is 94.7 Å². The highest BCUT2D eigenvalue weighted by Crippen LogP contribution is 2.12. The second-order valence-corrected chi connectivity index (χ2v) is 3.41. The maximum absolute atomic E-state index is 8.84. The van der Waals surface area contributed by atoms with Crippen molar-refractivity contribution in [3.63, 3.8) is 0 Å². The Bertz CT molecular complexity index is 376. The van der Waals surface area contributed by atoms with Gasteiger partial charge in [0, 0.05) is 11.6 Å². The van der Waals surface area contributed by atoms with Crippen molar-refractivity contribution in [2.75, 3.05) is 13.2 Å². The molecule has 0 unspecified atom stereocenters. The predicted octanol–water partition coefficient (Wildman–Crippen LogP) is 3.28. The third-order valence-electron chi connectivity index (χ3n) is 1.82. The first kappa shape index (κ1) is 11.8. The van der Waals surface area contributed by atoms with E-state index in [0.29, 0.717) is 23.8 Å². The van der Waals surface area contributed by atoms with Crippen LogP contribution in [0.2, 0.25) is 5.02 Å². The van der Waals surface area contributed by atoms with Gasteiger partial charge in [0.2, 0.25) is 0 Å². The zero-order valence-electron chi connectivity index (χ0n) is 8.53. The van der Waals surface area contributed by atoms with Gasteiger partial charge in [0.05, 0.1) is 18.2 Å². The molecule has 0 aliphatic heterocycles. The summed E-state index contributed by atoms with van der Waals surface area (Å²) >= 11 is 5.76. The third-order valence-corrected chi connectivity index (χ3v) is 2.07. The van der Waals surface area contributed by atoms with Crippen LogP contribution in [-0.2, 0) is 4.74 Å². The number of nitriles is 1. The lowest BCUT2D eigenvalue weighted by atomic mass is 10.1. The van der Waals surface area contributed by atoms with Crippen molar-refractivity contribution in [2.45, 2.75) is 6.92 Å². The third kappa shape index (κ3) is 4.16. The maximum atomic E-state index is 8.84. The molecule has 0 N–H and O–H groups in total. The molecule has 0 saturated carbocycles. The average Bonchev–Trinajstić information content (AvgIpc) is 2.27. The average molecular weight is 222 g/mol. The monoisotopic (exact) mass is 221 g/mol. The highest BCUT2D eigenvalue weighted by molar-refractivity contribution is 6.30. The van der Waals surface area contributed by atoms with Crippen molar-refractivity contribution in [3.05, 3.63) is 40.4 Å². The number of nitrogens with zero attached hydrogens (tertiary/aromatic N) is 1. The number of halogens is 1. The molecule has 2 nitrogen and oxygen atoms in total. The van der Waals surface area contributed by atoms with E-state index < -0.39 is 0 Å². The molecule has 0 saturated heterocycles. The fourth-order valence-electron chi connectivity index (χ4n) is 1.08. The number of benzene rings is 1. The molecule has 0 fully saturated rings. The van der Waals surface area contributed by atoms with Crippen LogP contribution in [0, 0.1) is 11.3 Å². The first-order valence-corrected chi connectivity index (χ1v) is 5.08. The summed E-state index contributed by atoms with van der Waals surface area (Å²) < 4.78 is 5.17. The van der Waals surface area contributed by atoms with E-state index in [1.165, 1.54) is 0 Å². The summed E-state index contributed by atoms with van der Waals surface area (Å²) in [7, 11) is 0. The molecule has 15 heavy (non-hydrogen) atoms. The van der Waals surface area contributed by atoms with Crippen LogP contribution in [0.15, 0.2) is 29.8 Å². The highest BCUT2D eigenvalue weighted by Gasteiger charge is 1.96. The van der Waals surface area contributed by atoms with Gasteiger partial charge in [0.25, 0.3) is 0 Å². The number of rotatable bonds is 4. The van der Waals surface area contributed by atoms with Crippen molar-refractivity contribution in [1.82, 2.24) is 0 Å². The van der Waals surface area contributed by atoms with Gasteiger partial charge in [0.1, 0.15) is 0 Å². The van der Waals surface area contributed by atoms with E-state index in [1.807, 2.05) is 19.1 Å². The predicted molar refractivity (Wildman–Crippen MR) is 61.5 cm³/mol. The van der Waals surface area contributed by atoms with E-state index in [2.05, 4.69) is 6.07 Å². The van der Waals surface area contributed by atoms with Gasteiger partial charge in [-0.15, -0.1) is 0 Å². The summed E-state index contributed by atoms with van der Waals surface area (Å²) in [6.07, 6.45) is 1.80. The molecular weight excluding hydrogens is 210 g/mol. The van der Waals surface area contributed by atoms with Crippen molar-refractivity contribution in [3.8, 4) is 6.07 Å². The summed E-state index contributed by atoms with van der Waals surface area (Å²) in [5.41, 5.74) is 1.56. The Hall–Kier alpha value is -1.30. The number of hydrogen-bond donors (Lipinski definition) is 0. The number of hydrogen-bond acceptors (Lipinski definition) is 2. The molecule has 0 spiro atoms. The fourth-order valence-corrected chi connectivity index (χ4v) is 1.20. The van der Waals surface area contributed by atoms with E-state index in [4.69, 9.17) is 21.6 Å². The molecule has 1 aromatic rings. The first-order valence-electron chi connectivity index (χ1n) is 4.70. The second kappa shape index (κ2) is 6.23. The van der Waals surface area contributed by atoms with Crippen molar-refractivity contribution in [2.24, 2.45) is 0 Å². The summed E-state index contributed by atoms with van der Waals surface area (Å²) in [6.45, 7) is 2.87. The minimum absolute atomic E-state index is 0.357. The van der Waals surface area contributed by atoms with E-state index in [-0.39, 0.29) is 0 Å². The molecule has 0 aromatic heterocycles. The Morgan fingerprint density at radius 1 is 1.47 bits per heavy atom. The van der Waals surface area contributed by atoms with Gasteiger partial charge >= 0.3 is 0 Å². The van der Waals surface area contributed by atoms with Crippen molar-refractivity contribution in [1.29, 1.82) is 5.26 Å². The van der Waals surface area contributed by atoms with E-state index >= 15 is 0 Å². The van der Waals surface area contributed by atoms with Crippen LogP contribution < -0.4 is 0 Å². The second-order valence-electron chi connectivity index (χ2n) is 2.97. The van der Waals surface area contributed by atoms with Gasteiger partial charge in [-0.2, -0.15) is 5.26 Å². The Morgan fingerprint density at radius 2 is 2.13 bits per heavy atom. The summed E-state index contributed by atoms with van der Waals surface area (Å²) in [5, 5.41) is 9.53. The van der Waals surface area contributed by atoms with Crippen LogP contribution >= 0.6 is 11.6 Å². The Kier molecular flexibility index (Phi) is 4.89. The lowest BCUT2D eigenvalue weighted by Gasteiger charge is -1.99. The van der Waals surface area contributed by atoms with Gasteiger partial charge in [0.15, 0.2) is 0 Å². The van der Waals surface area contributed by atoms with Gasteiger partial charge in [-0.3, -0.25) is 0 Å². The molecule has 0 radical (unpaired) electrons. The SMILES string of the molecule is CCOC/C(C#N)=C/c1ccc(Cl)cc1. The minimum atomic E-state index is 0.357. The molecule has 78 valence electrons. The van der Waals surface area contributed by atoms with E-state index in [1.54, 1.807) is 18.2 Å². The Balaban J connectivity index is 2.75. The largest absolute Gasteiger partial charge is 0.376 e. The molecule has 0 amide bonds. The zero-order valence-corrected chi connectivity index (χ0v) is 9.29. The van der Waals surface area contributed by atoms with Gasteiger partial charge in [-0.25, -0.2) is 0 Å². The van der Waals surface area contributed by atoms with Gasteiger partial charge in [-0.05, 0) is 30.7 Å².